The van der Waals surface area contributed by atoms with Crippen molar-refractivity contribution in [2.75, 3.05) is 13.6 Å². The van der Waals surface area contributed by atoms with Gasteiger partial charge in [0, 0.05) is 19.6 Å². The van der Waals surface area contributed by atoms with Crippen LogP contribution in [0.25, 0.3) is 11.2 Å². The van der Waals surface area contributed by atoms with Crippen LogP contribution in [0.5, 0.6) is 0 Å². The lowest BCUT2D eigenvalue weighted by Crippen LogP contribution is -2.30. The van der Waals surface area contributed by atoms with Gasteiger partial charge < -0.3 is 9.47 Å². The Morgan fingerprint density at radius 1 is 1.35 bits per heavy atom. The molecule has 0 saturated carbocycles. The highest BCUT2D eigenvalue weighted by atomic mass is 35.5. The van der Waals surface area contributed by atoms with Gasteiger partial charge in [-0.2, -0.15) is 5.10 Å². The van der Waals surface area contributed by atoms with Crippen molar-refractivity contribution in [3.63, 3.8) is 0 Å². The minimum absolute atomic E-state index is 0.453. The lowest BCUT2D eigenvalue weighted by Gasteiger charge is -2.21. The molecular weight excluding hydrogens is 274 g/mol. The maximum Gasteiger partial charge on any atom is 0.158 e. The monoisotopic (exact) mass is 295 g/mol. The number of alkyl halides is 1. The molecule has 1 saturated heterocycles. The predicted octanol–water partition coefficient (Wildman–Crippen LogP) is 2.17. The molecule has 1 fully saturated rings. The minimum Gasteiger partial charge on any atom is -0.310 e. The Balaban J connectivity index is 2.05. The van der Waals surface area contributed by atoms with Gasteiger partial charge >= 0.3 is 0 Å². The molecule has 1 atom stereocenters. The Morgan fingerprint density at radius 3 is 2.75 bits per heavy atom. The van der Waals surface area contributed by atoms with Crippen LogP contribution in [0.4, 0.5) is 0 Å². The van der Waals surface area contributed by atoms with Crippen molar-refractivity contribution in [3.05, 3.63) is 11.5 Å². The number of likely N-dealkylation sites (N-methyl/N-ethyl adjacent to an activating group) is 1. The number of hydrogen-bond acceptors (Lipinski definition) is 3. The van der Waals surface area contributed by atoms with Gasteiger partial charge in [0.25, 0.3) is 0 Å². The molecule has 6 heteroatoms. The molecular formula is C14H22ClN5. The first kappa shape index (κ1) is 13.9. The average Bonchev–Trinajstić information content (AvgIpc) is 3.08. The van der Waals surface area contributed by atoms with E-state index in [0.717, 1.165) is 35.6 Å². The first-order chi connectivity index (χ1) is 9.65. The molecule has 0 spiro atoms. The average molecular weight is 296 g/mol. The van der Waals surface area contributed by atoms with Gasteiger partial charge in [-0.1, -0.05) is 6.92 Å². The number of fused-ring (bicyclic) bond motifs is 1. The molecule has 1 aliphatic rings. The maximum atomic E-state index is 6.10. The van der Waals surface area contributed by atoms with Crippen molar-refractivity contribution in [2.45, 2.75) is 44.7 Å². The lowest BCUT2D eigenvalue weighted by molar-refractivity contribution is 0.282. The number of aryl methyl sites for hydroxylation is 2. The minimum atomic E-state index is 0.453. The second kappa shape index (κ2) is 5.37. The molecule has 3 rings (SSSR count). The molecule has 110 valence electrons. The third kappa shape index (κ3) is 2.13. The summed E-state index contributed by atoms with van der Waals surface area (Å²) in [6.07, 6.45) is 3.43. The molecule has 20 heavy (non-hydrogen) atoms. The molecule has 3 heterocycles. The highest BCUT2D eigenvalue weighted by molar-refractivity contribution is 6.16. The van der Waals surface area contributed by atoms with Crippen LogP contribution in [-0.4, -0.2) is 43.9 Å². The van der Waals surface area contributed by atoms with Crippen LogP contribution in [0.2, 0.25) is 0 Å². The highest BCUT2D eigenvalue weighted by Gasteiger charge is 2.25. The van der Waals surface area contributed by atoms with Gasteiger partial charge in [-0.3, -0.25) is 4.68 Å². The van der Waals surface area contributed by atoms with Crippen LogP contribution in [-0.2, 0) is 25.9 Å². The topological polar surface area (TPSA) is 38.9 Å². The fraction of sp³-hybridized carbons (Fsp3) is 0.714. The summed E-state index contributed by atoms with van der Waals surface area (Å²) in [6.45, 7) is 4.26. The molecule has 1 unspecified atom stereocenters. The van der Waals surface area contributed by atoms with E-state index < -0.39 is 0 Å². The van der Waals surface area contributed by atoms with E-state index in [-0.39, 0.29) is 0 Å². The molecule has 2 aromatic heterocycles. The number of nitrogens with zero attached hydrogens (tertiary/aromatic N) is 5. The van der Waals surface area contributed by atoms with E-state index in [1.165, 1.54) is 19.4 Å². The fourth-order valence-corrected chi connectivity index (χ4v) is 3.44. The summed E-state index contributed by atoms with van der Waals surface area (Å²) in [7, 11) is 4.20. The zero-order valence-electron chi connectivity index (χ0n) is 12.4. The van der Waals surface area contributed by atoms with Gasteiger partial charge in [-0.15, -0.1) is 11.6 Å². The Kier molecular flexibility index (Phi) is 3.73. The number of likely N-dealkylation sites (tertiary alicyclic amines) is 1. The summed E-state index contributed by atoms with van der Waals surface area (Å²) >= 11 is 6.10. The van der Waals surface area contributed by atoms with Crippen molar-refractivity contribution in [3.8, 4) is 0 Å². The van der Waals surface area contributed by atoms with Crippen molar-refractivity contribution in [1.29, 1.82) is 0 Å². The third-order valence-corrected chi connectivity index (χ3v) is 4.63. The second-order valence-corrected chi connectivity index (χ2v) is 5.91. The van der Waals surface area contributed by atoms with E-state index in [0.29, 0.717) is 11.9 Å². The highest BCUT2D eigenvalue weighted by Crippen LogP contribution is 2.24. The normalized spacial score (nSPS) is 20.3. The van der Waals surface area contributed by atoms with Gasteiger partial charge in [0.1, 0.15) is 11.3 Å². The van der Waals surface area contributed by atoms with Crippen molar-refractivity contribution in [2.24, 2.45) is 7.05 Å². The number of imidazole rings is 1. The Hall–Kier alpha value is -1.07. The third-order valence-electron chi connectivity index (χ3n) is 4.39. The smallest absolute Gasteiger partial charge is 0.158 e. The Morgan fingerprint density at radius 2 is 2.15 bits per heavy atom. The molecule has 2 aromatic rings. The summed E-state index contributed by atoms with van der Waals surface area (Å²) in [5.41, 5.74) is 3.19. The van der Waals surface area contributed by atoms with Gasteiger partial charge in [-0.25, -0.2) is 4.98 Å². The summed E-state index contributed by atoms with van der Waals surface area (Å²) in [6, 6.07) is 0.578. The predicted molar refractivity (Wildman–Crippen MR) is 81.1 cm³/mol. The first-order valence-corrected chi connectivity index (χ1v) is 7.86. The van der Waals surface area contributed by atoms with Crippen LogP contribution in [0.1, 0.15) is 31.3 Å². The van der Waals surface area contributed by atoms with Crippen molar-refractivity contribution in [1.82, 2.24) is 24.2 Å². The quantitative estimate of drug-likeness (QED) is 0.812. The molecule has 1 aliphatic heterocycles. The van der Waals surface area contributed by atoms with Crippen LogP contribution in [0.15, 0.2) is 0 Å². The van der Waals surface area contributed by atoms with E-state index in [4.69, 9.17) is 16.6 Å². The van der Waals surface area contributed by atoms with E-state index >= 15 is 0 Å². The maximum absolute atomic E-state index is 6.10. The largest absolute Gasteiger partial charge is 0.310 e. The first-order valence-electron chi connectivity index (χ1n) is 7.32. The Labute approximate surface area is 124 Å². The van der Waals surface area contributed by atoms with Crippen LogP contribution >= 0.6 is 11.6 Å². The van der Waals surface area contributed by atoms with E-state index in [9.17, 15) is 0 Å². The summed E-state index contributed by atoms with van der Waals surface area (Å²) < 4.78 is 4.22. The molecule has 0 bridgehead atoms. The SMILES string of the molecule is CCc1nn(C)c2c1nc(CCl)n2CC1CCCN1C. The van der Waals surface area contributed by atoms with Crippen LogP contribution in [0, 0.1) is 0 Å². The number of halogens is 1. The molecule has 5 nitrogen and oxygen atoms in total. The van der Waals surface area contributed by atoms with Gasteiger partial charge in [-0.05, 0) is 32.9 Å². The van der Waals surface area contributed by atoms with Crippen molar-refractivity contribution < 1.29 is 0 Å². The van der Waals surface area contributed by atoms with Crippen LogP contribution in [0.3, 0.4) is 0 Å². The van der Waals surface area contributed by atoms with Gasteiger partial charge in [0.15, 0.2) is 5.65 Å². The second-order valence-electron chi connectivity index (χ2n) is 5.64. The van der Waals surface area contributed by atoms with E-state index in [2.05, 4.69) is 28.5 Å². The van der Waals surface area contributed by atoms with Crippen LogP contribution < -0.4 is 0 Å². The van der Waals surface area contributed by atoms with E-state index in [1.54, 1.807) is 0 Å². The molecule has 0 aliphatic carbocycles. The molecule has 0 amide bonds. The standard InChI is InChI=1S/C14H22ClN5/c1-4-11-13-14(19(3)17-11)20(12(8-15)16-13)9-10-6-5-7-18(10)2/h10H,4-9H2,1-3H3. The molecule has 0 N–H and O–H groups in total. The lowest BCUT2D eigenvalue weighted by atomic mass is 10.2. The van der Waals surface area contributed by atoms with E-state index in [1.807, 2.05) is 11.7 Å². The Bertz CT molecular complexity index is 615. The summed E-state index contributed by atoms with van der Waals surface area (Å²) in [5.74, 6) is 1.42. The van der Waals surface area contributed by atoms with Gasteiger partial charge in [0.2, 0.25) is 0 Å². The number of hydrogen-bond donors (Lipinski definition) is 0. The number of aromatic nitrogens is 4. The van der Waals surface area contributed by atoms with Gasteiger partial charge in [0.05, 0.1) is 11.6 Å². The fourth-order valence-electron chi connectivity index (χ4n) is 3.24. The summed E-state index contributed by atoms with van der Waals surface area (Å²) in [4.78, 5) is 7.15. The van der Waals surface area contributed by atoms with Crippen molar-refractivity contribution >= 4 is 22.8 Å². The number of rotatable bonds is 4. The summed E-state index contributed by atoms with van der Waals surface area (Å²) in [5, 5.41) is 4.57. The zero-order valence-corrected chi connectivity index (χ0v) is 13.2. The molecule has 0 radical (unpaired) electrons. The molecule has 0 aromatic carbocycles. The zero-order chi connectivity index (χ0) is 14.3.